The van der Waals surface area contributed by atoms with Gasteiger partial charge in [0, 0.05) is 40.1 Å². The summed E-state index contributed by atoms with van der Waals surface area (Å²) < 4.78 is 8.53. The van der Waals surface area contributed by atoms with Crippen LogP contribution in [0.4, 0.5) is 0 Å². The van der Waals surface area contributed by atoms with Crippen molar-refractivity contribution in [3.05, 3.63) is 145 Å². The van der Waals surface area contributed by atoms with E-state index in [0.29, 0.717) is 17.1 Å². The van der Waals surface area contributed by atoms with Gasteiger partial charge < -0.3 is 9.84 Å². The fraction of sp³-hybridized carbons (Fsp3) is 0.0256. The van der Waals surface area contributed by atoms with E-state index in [1.54, 1.807) is 6.07 Å². The summed E-state index contributed by atoms with van der Waals surface area (Å²) in [7, 11) is 0. The highest BCUT2D eigenvalue weighted by atomic mass is 16.5. The normalized spacial score (nSPS) is 11.4. The Morgan fingerprint density at radius 3 is 2.00 bits per heavy atom. The van der Waals surface area contributed by atoms with E-state index >= 15 is 0 Å². The van der Waals surface area contributed by atoms with Gasteiger partial charge in [-0.3, -0.25) is 4.57 Å². The molecule has 0 aliphatic heterocycles. The van der Waals surface area contributed by atoms with Crippen molar-refractivity contribution in [3.8, 4) is 45.5 Å². The molecule has 0 bridgehead atoms. The summed E-state index contributed by atoms with van der Waals surface area (Å²) in [6.07, 6.45) is 1.93. The Morgan fingerprint density at radius 2 is 1.27 bits per heavy atom. The van der Waals surface area contributed by atoms with Gasteiger partial charge in [0.25, 0.3) is 0 Å². The first-order valence-corrected chi connectivity index (χ1v) is 14.5. The standard InChI is InChI=1S/C39H27N3O2/c1-25-21-38(41-39-31(25)13-8-14-36(39)43)44-30-17-19-33-32-18-15-28(26-9-4-2-5-10-26)22-34(32)42(35(33)23-30)37-20-16-29(24-40-37)27-11-6-3-7-12-27/h2-24,43H,1H3. The number of hydrogen-bond acceptors (Lipinski definition) is 4. The lowest BCUT2D eigenvalue weighted by molar-refractivity contribution is 0.460. The largest absolute Gasteiger partial charge is 0.506 e. The number of aromatic nitrogens is 3. The SMILES string of the molecule is Cc1cc(Oc2ccc3c4ccc(-c5ccccc5)cc4n(-c4ccc(-c5ccccc5)cn4)c3c2)nc2c(O)cccc12. The number of hydrogen-bond donors (Lipinski definition) is 1. The van der Waals surface area contributed by atoms with Crippen LogP contribution in [0.5, 0.6) is 17.4 Å². The number of nitrogens with zero attached hydrogens (tertiary/aromatic N) is 3. The third-order valence-electron chi connectivity index (χ3n) is 8.15. The lowest BCUT2D eigenvalue weighted by Crippen LogP contribution is -1.98. The molecule has 1 N–H and O–H groups in total. The van der Waals surface area contributed by atoms with Crippen LogP contribution in [0.1, 0.15) is 5.56 Å². The smallest absolute Gasteiger partial charge is 0.220 e. The summed E-state index contributed by atoms with van der Waals surface area (Å²) in [4.78, 5) is 9.58. The van der Waals surface area contributed by atoms with Crippen molar-refractivity contribution in [1.82, 2.24) is 14.5 Å². The van der Waals surface area contributed by atoms with Gasteiger partial charge in [0.15, 0.2) is 0 Å². The molecule has 0 aliphatic rings. The molecular formula is C39H27N3O2. The first-order valence-electron chi connectivity index (χ1n) is 14.5. The van der Waals surface area contributed by atoms with E-state index in [1.165, 1.54) is 0 Å². The van der Waals surface area contributed by atoms with Crippen molar-refractivity contribution >= 4 is 32.7 Å². The molecule has 3 aromatic heterocycles. The molecule has 0 radical (unpaired) electrons. The van der Waals surface area contributed by atoms with Gasteiger partial charge >= 0.3 is 0 Å². The van der Waals surface area contributed by atoms with E-state index in [-0.39, 0.29) is 5.75 Å². The van der Waals surface area contributed by atoms with Crippen LogP contribution in [-0.2, 0) is 0 Å². The summed E-state index contributed by atoms with van der Waals surface area (Å²) in [5.41, 5.74) is 8.01. The molecule has 0 spiro atoms. The Kier molecular flexibility index (Phi) is 6.09. The van der Waals surface area contributed by atoms with Crippen molar-refractivity contribution in [2.24, 2.45) is 0 Å². The molecule has 210 valence electrons. The van der Waals surface area contributed by atoms with Gasteiger partial charge in [-0.15, -0.1) is 0 Å². The van der Waals surface area contributed by atoms with Gasteiger partial charge in [0.1, 0.15) is 22.8 Å². The first-order chi connectivity index (χ1) is 21.6. The second kappa shape index (κ2) is 10.4. The van der Waals surface area contributed by atoms with Gasteiger partial charge in [0.05, 0.1) is 11.0 Å². The maximum absolute atomic E-state index is 10.4. The maximum atomic E-state index is 10.4. The van der Waals surface area contributed by atoms with Crippen LogP contribution in [-0.4, -0.2) is 19.6 Å². The number of fused-ring (bicyclic) bond motifs is 4. The number of phenolic OH excluding ortho intramolecular Hbond substituents is 1. The molecule has 44 heavy (non-hydrogen) atoms. The summed E-state index contributed by atoms with van der Waals surface area (Å²) in [6.45, 7) is 1.99. The molecule has 5 aromatic carbocycles. The molecule has 0 unspecified atom stereocenters. The Labute approximate surface area is 254 Å². The van der Waals surface area contributed by atoms with Gasteiger partial charge in [-0.25, -0.2) is 9.97 Å². The van der Waals surface area contributed by atoms with E-state index < -0.39 is 0 Å². The number of para-hydroxylation sites is 1. The van der Waals surface area contributed by atoms with Crippen LogP contribution in [0.15, 0.2) is 140 Å². The molecule has 0 saturated heterocycles. The monoisotopic (exact) mass is 569 g/mol. The highest BCUT2D eigenvalue weighted by Crippen LogP contribution is 2.38. The Bertz CT molecular complexity index is 2310. The molecule has 5 heteroatoms. The average Bonchev–Trinajstić information content (AvgIpc) is 3.39. The fourth-order valence-corrected chi connectivity index (χ4v) is 5.98. The molecule has 0 saturated carbocycles. The molecule has 3 heterocycles. The lowest BCUT2D eigenvalue weighted by Gasteiger charge is -2.11. The van der Waals surface area contributed by atoms with Crippen molar-refractivity contribution in [1.29, 1.82) is 0 Å². The fourth-order valence-electron chi connectivity index (χ4n) is 5.98. The van der Waals surface area contributed by atoms with Crippen LogP contribution in [0.25, 0.3) is 60.8 Å². The highest BCUT2D eigenvalue weighted by molar-refractivity contribution is 6.10. The zero-order valence-electron chi connectivity index (χ0n) is 24.0. The number of aromatic hydroxyl groups is 1. The second-order valence-corrected chi connectivity index (χ2v) is 10.9. The molecule has 8 rings (SSSR count). The van der Waals surface area contributed by atoms with Crippen LogP contribution in [0, 0.1) is 6.92 Å². The minimum atomic E-state index is 0.130. The van der Waals surface area contributed by atoms with Crippen LogP contribution >= 0.6 is 0 Å². The molecule has 0 amide bonds. The maximum Gasteiger partial charge on any atom is 0.220 e. The van der Waals surface area contributed by atoms with Crippen LogP contribution in [0.3, 0.4) is 0 Å². The van der Waals surface area contributed by atoms with E-state index in [4.69, 9.17) is 9.72 Å². The number of aryl methyl sites for hydroxylation is 1. The molecule has 5 nitrogen and oxygen atoms in total. The quantitative estimate of drug-likeness (QED) is 0.224. The summed E-state index contributed by atoms with van der Waals surface area (Å²) in [6, 6.07) is 44.9. The number of ether oxygens (including phenoxy) is 1. The number of phenols is 1. The summed E-state index contributed by atoms with van der Waals surface area (Å²) in [5.74, 6) is 2.02. The number of benzene rings is 5. The van der Waals surface area contributed by atoms with Crippen molar-refractivity contribution in [2.45, 2.75) is 6.92 Å². The molecule has 0 atom stereocenters. The number of rotatable bonds is 5. The van der Waals surface area contributed by atoms with Gasteiger partial charge in [-0.05, 0) is 65.6 Å². The van der Waals surface area contributed by atoms with Crippen LogP contribution in [0.2, 0.25) is 0 Å². The van der Waals surface area contributed by atoms with Crippen molar-refractivity contribution in [3.63, 3.8) is 0 Å². The van der Waals surface area contributed by atoms with Gasteiger partial charge in [0.2, 0.25) is 5.88 Å². The van der Waals surface area contributed by atoms with E-state index in [1.807, 2.05) is 67.7 Å². The third-order valence-corrected chi connectivity index (χ3v) is 8.15. The van der Waals surface area contributed by atoms with E-state index in [9.17, 15) is 5.11 Å². The molecule has 0 aliphatic carbocycles. The summed E-state index contributed by atoms with van der Waals surface area (Å²) in [5, 5.41) is 13.6. The lowest BCUT2D eigenvalue weighted by atomic mass is 10.0. The van der Waals surface area contributed by atoms with Crippen LogP contribution < -0.4 is 4.74 Å². The van der Waals surface area contributed by atoms with Gasteiger partial charge in [-0.1, -0.05) is 84.9 Å². The van der Waals surface area contributed by atoms with Crippen molar-refractivity contribution in [2.75, 3.05) is 0 Å². The van der Waals surface area contributed by atoms with E-state index in [2.05, 4.69) is 82.3 Å². The molecular weight excluding hydrogens is 542 g/mol. The zero-order chi connectivity index (χ0) is 29.6. The zero-order valence-corrected chi connectivity index (χ0v) is 24.0. The number of pyridine rings is 2. The van der Waals surface area contributed by atoms with Crippen molar-refractivity contribution < 1.29 is 9.84 Å². The topological polar surface area (TPSA) is 60.2 Å². The highest BCUT2D eigenvalue weighted by Gasteiger charge is 2.16. The second-order valence-electron chi connectivity index (χ2n) is 10.9. The first kappa shape index (κ1) is 25.7. The summed E-state index contributed by atoms with van der Waals surface area (Å²) >= 11 is 0. The predicted molar refractivity (Wildman–Crippen MR) is 178 cm³/mol. The minimum absolute atomic E-state index is 0.130. The average molecular weight is 570 g/mol. The minimum Gasteiger partial charge on any atom is -0.506 e. The third kappa shape index (κ3) is 4.43. The molecule has 0 fully saturated rings. The molecule has 8 aromatic rings. The Balaban J connectivity index is 1.29. The predicted octanol–water partition coefficient (Wildman–Crippen LogP) is 9.87. The Morgan fingerprint density at radius 1 is 0.591 bits per heavy atom. The van der Waals surface area contributed by atoms with E-state index in [0.717, 1.165) is 60.8 Å². The van der Waals surface area contributed by atoms with Gasteiger partial charge in [-0.2, -0.15) is 0 Å². The Hall–Kier alpha value is -5.94.